The number of aliphatic hydroxyl groups is 1. The summed E-state index contributed by atoms with van der Waals surface area (Å²) in [5.41, 5.74) is 0.938. The van der Waals surface area contributed by atoms with Crippen molar-refractivity contribution < 1.29 is 9.50 Å². The number of hydrogen-bond acceptors (Lipinski definition) is 2. The number of piperidine rings is 1. The van der Waals surface area contributed by atoms with E-state index in [0.717, 1.165) is 25.1 Å². The Kier molecular flexibility index (Phi) is 3.38. The average Bonchev–Trinajstić information content (AvgIpc) is 2.29. The minimum absolute atomic E-state index is 0.0272. The molecule has 0 amide bonds. The van der Waals surface area contributed by atoms with Crippen molar-refractivity contribution in [3.8, 4) is 0 Å². The lowest BCUT2D eigenvalue weighted by Gasteiger charge is -2.47. The van der Waals surface area contributed by atoms with Crippen molar-refractivity contribution in [2.45, 2.75) is 32.2 Å². The first kappa shape index (κ1) is 12.4. The number of rotatable bonds is 2. The van der Waals surface area contributed by atoms with Crippen molar-refractivity contribution >= 4 is 5.69 Å². The van der Waals surface area contributed by atoms with Crippen LogP contribution in [0.4, 0.5) is 10.1 Å². The lowest BCUT2D eigenvalue weighted by atomic mass is 9.84. The molecule has 0 aromatic heterocycles. The summed E-state index contributed by atoms with van der Waals surface area (Å²) in [6, 6.07) is 6.71. The molecule has 0 radical (unpaired) electrons. The highest BCUT2D eigenvalue weighted by Gasteiger charge is 2.34. The third-order valence-electron chi connectivity index (χ3n) is 3.71. The molecule has 1 aliphatic heterocycles. The molecule has 3 heteroatoms. The van der Waals surface area contributed by atoms with Gasteiger partial charge in [0.25, 0.3) is 0 Å². The third kappa shape index (κ3) is 2.60. The van der Waals surface area contributed by atoms with Gasteiger partial charge in [0.1, 0.15) is 5.82 Å². The Labute approximate surface area is 102 Å². The van der Waals surface area contributed by atoms with Crippen molar-refractivity contribution in [3.63, 3.8) is 0 Å². The predicted molar refractivity (Wildman–Crippen MR) is 67.6 cm³/mol. The van der Waals surface area contributed by atoms with Crippen LogP contribution in [0.5, 0.6) is 0 Å². The molecular formula is C14H20FNO. The molecule has 1 aromatic rings. The maximum Gasteiger partial charge on any atom is 0.125 e. The fraction of sp³-hybridized carbons (Fsp3) is 0.571. The van der Waals surface area contributed by atoms with Crippen molar-refractivity contribution in [1.82, 2.24) is 0 Å². The molecule has 94 valence electrons. The molecule has 1 aliphatic rings. The van der Waals surface area contributed by atoms with Crippen molar-refractivity contribution in [2.75, 3.05) is 18.1 Å². The zero-order valence-electron chi connectivity index (χ0n) is 10.5. The Bertz CT molecular complexity index is 392. The van der Waals surface area contributed by atoms with Gasteiger partial charge in [0.05, 0.1) is 0 Å². The number of anilines is 1. The van der Waals surface area contributed by atoms with E-state index in [4.69, 9.17) is 0 Å². The van der Waals surface area contributed by atoms with Crippen LogP contribution in [0.2, 0.25) is 0 Å². The highest BCUT2D eigenvalue weighted by Crippen LogP contribution is 2.34. The third-order valence-corrected chi connectivity index (χ3v) is 3.71. The van der Waals surface area contributed by atoms with Crippen molar-refractivity contribution in [2.24, 2.45) is 5.92 Å². The van der Waals surface area contributed by atoms with Crippen LogP contribution in [0.25, 0.3) is 0 Å². The second-order valence-electron chi connectivity index (χ2n) is 5.49. The van der Waals surface area contributed by atoms with Gasteiger partial charge in [-0.1, -0.05) is 6.07 Å². The second kappa shape index (κ2) is 4.65. The van der Waals surface area contributed by atoms with E-state index < -0.39 is 0 Å². The van der Waals surface area contributed by atoms with Crippen LogP contribution in [-0.2, 0) is 0 Å². The number of nitrogens with zero attached hydrogens (tertiary/aromatic N) is 1. The standard InChI is InChI=1S/C14H20FNO/c1-14(2)7-6-11(10-17)9-16(14)13-5-3-4-12(15)8-13/h3-5,8,11,17H,6-7,9-10H2,1-2H3. The van der Waals surface area contributed by atoms with Gasteiger partial charge in [-0.3, -0.25) is 0 Å². The van der Waals surface area contributed by atoms with Crippen molar-refractivity contribution in [3.05, 3.63) is 30.1 Å². The fourth-order valence-corrected chi connectivity index (χ4v) is 2.54. The molecule has 17 heavy (non-hydrogen) atoms. The molecule has 1 N–H and O–H groups in total. The van der Waals surface area contributed by atoms with Gasteiger partial charge in [-0.2, -0.15) is 0 Å². The summed E-state index contributed by atoms with van der Waals surface area (Å²) in [6.45, 7) is 5.35. The normalized spacial score (nSPS) is 23.8. The molecular weight excluding hydrogens is 217 g/mol. The molecule has 1 unspecified atom stereocenters. The maximum atomic E-state index is 13.3. The Morgan fingerprint density at radius 1 is 1.47 bits per heavy atom. The van der Waals surface area contributed by atoms with Crippen molar-refractivity contribution in [1.29, 1.82) is 0 Å². The lowest BCUT2D eigenvalue weighted by Crippen LogP contribution is -2.51. The molecule has 1 fully saturated rings. The highest BCUT2D eigenvalue weighted by molar-refractivity contribution is 5.49. The highest BCUT2D eigenvalue weighted by atomic mass is 19.1. The van der Waals surface area contributed by atoms with Gasteiger partial charge in [0.15, 0.2) is 0 Å². The zero-order chi connectivity index (χ0) is 12.5. The minimum Gasteiger partial charge on any atom is -0.396 e. The first-order valence-corrected chi connectivity index (χ1v) is 6.17. The summed E-state index contributed by atoms with van der Waals surface area (Å²) in [4.78, 5) is 2.21. The molecule has 1 heterocycles. The molecule has 1 saturated heterocycles. The summed E-state index contributed by atoms with van der Waals surface area (Å²) in [5.74, 6) is 0.0933. The first-order valence-electron chi connectivity index (χ1n) is 6.17. The van der Waals surface area contributed by atoms with E-state index in [1.54, 1.807) is 12.1 Å². The van der Waals surface area contributed by atoms with Gasteiger partial charge in [-0.25, -0.2) is 4.39 Å². The SMILES string of the molecule is CC1(C)CCC(CO)CN1c1cccc(F)c1. The largest absolute Gasteiger partial charge is 0.396 e. The van der Waals surface area contributed by atoms with Gasteiger partial charge in [-0.15, -0.1) is 0 Å². The fourth-order valence-electron chi connectivity index (χ4n) is 2.54. The van der Waals surface area contributed by atoms with Gasteiger partial charge in [-0.05, 0) is 50.8 Å². The molecule has 0 bridgehead atoms. The van der Waals surface area contributed by atoms with Gasteiger partial charge in [0, 0.05) is 24.4 Å². The Balaban J connectivity index is 2.27. The summed E-state index contributed by atoms with van der Waals surface area (Å²) in [6.07, 6.45) is 2.06. The molecule has 1 aromatic carbocycles. The van der Waals surface area contributed by atoms with E-state index in [1.165, 1.54) is 6.07 Å². The summed E-state index contributed by atoms with van der Waals surface area (Å²) in [7, 11) is 0. The van der Waals surface area contributed by atoms with E-state index in [1.807, 2.05) is 6.07 Å². The van der Waals surface area contributed by atoms with E-state index in [9.17, 15) is 9.50 Å². The topological polar surface area (TPSA) is 23.5 Å². The number of halogens is 1. The summed E-state index contributed by atoms with van der Waals surface area (Å²) < 4.78 is 13.3. The molecule has 0 spiro atoms. The zero-order valence-corrected chi connectivity index (χ0v) is 10.5. The molecule has 1 atom stereocenters. The van der Waals surface area contributed by atoms with Crippen LogP contribution in [0.3, 0.4) is 0 Å². The average molecular weight is 237 g/mol. The van der Waals surface area contributed by atoms with Crippen LogP contribution in [0.1, 0.15) is 26.7 Å². The van der Waals surface area contributed by atoms with Gasteiger partial charge in [0.2, 0.25) is 0 Å². The Hall–Kier alpha value is -1.09. The lowest BCUT2D eigenvalue weighted by molar-refractivity contribution is 0.181. The van der Waals surface area contributed by atoms with Gasteiger partial charge >= 0.3 is 0 Å². The molecule has 0 aliphatic carbocycles. The van der Waals surface area contributed by atoms with Crippen LogP contribution >= 0.6 is 0 Å². The van der Waals surface area contributed by atoms with E-state index in [2.05, 4.69) is 18.7 Å². The summed E-state index contributed by atoms with van der Waals surface area (Å²) >= 11 is 0. The number of benzene rings is 1. The van der Waals surface area contributed by atoms with E-state index in [0.29, 0.717) is 5.92 Å². The minimum atomic E-state index is -0.204. The first-order chi connectivity index (χ1) is 8.03. The monoisotopic (exact) mass is 237 g/mol. The maximum absolute atomic E-state index is 13.3. The number of aliphatic hydroxyl groups excluding tert-OH is 1. The quantitative estimate of drug-likeness (QED) is 0.855. The molecule has 2 nitrogen and oxygen atoms in total. The van der Waals surface area contributed by atoms with Crippen LogP contribution in [0.15, 0.2) is 24.3 Å². The Morgan fingerprint density at radius 2 is 2.24 bits per heavy atom. The van der Waals surface area contributed by atoms with E-state index >= 15 is 0 Å². The predicted octanol–water partition coefficient (Wildman–Crippen LogP) is 2.81. The summed E-state index contributed by atoms with van der Waals surface area (Å²) in [5, 5.41) is 9.28. The molecule has 0 saturated carbocycles. The molecule has 2 rings (SSSR count). The van der Waals surface area contributed by atoms with Crippen LogP contribution in [0, 0.1) is 11.7 Å². The van der Waals surface area contributed by atoms with Crippen LogP contribution in [-0.4, -0.2) is 23.8 Å². The van der Waals surface area contributed by atoms with Gasteiger partial charge < -0.3 is 10.0 Å². The Morgan fingerprint density at radius 3 is 2.88 bits per heavy atom. The number of hydrogen-bond donors (Lipinski definition) is 1. The van der Waals surface area contributed by atoms with E-state index in [-0.39, 0.29) is 18.0 Å². The second-order valence-corrected chi connectivity index (χ2v) is 5.49. The smallest absolute Gasteiger partial charge is 0.125 e. The van der Waals surface area contributed by atoms with Crippen LogP contribution < -0.4 is 4.90 Å².